The van der Waals surface area contributed by atoms with Crippen molar-refractivity contribution in [3.63, 3.8) is 0 Å². The molecule has 6 nitrogen and oxygen atoms in total. The summed E-state index contributed by atoms with van der Waals surface area (Å²) in [6.45, 7) is 16.0. The molecule has 2 fully saturated rings. The Morgan fingerprint density at radius 3 is 2.46 bits per heavy atom. The van der Waals surface area contributed by atoms with Crippen LogP contribution in [0.2, 0.25) is 18.1 Å². The van der Waals surface area contributed by atoms with Gasteiger partial charge >= 0.3 is 5.69 Å². The summed E-state index contributed by atoms with van der Waals surface area (Å²) in [5, 5.41) is 0.0682. The van der Waals surface area contributed by atoms with Gasteiger partial charge in [0.15, 0.2) is 8.32 Å². The molecule has 3 rings (SSSR count). The van der Waals surface area contributed by atoms with E-state index in [0.717, 1.165) is 19.3 Å². The van der Waals surface area contributed by atoms with Gasteiger partial charge in [-0.15, -0.1) is 0 Å². The van der Waals surface area contributed by atoms with Crippen LogP contribution in [0.3, 0.4) is 0 Å². The Labute approximate surface area is 168 Å². The zero-order valence-electron chi connectivity index (χ0n) is 18.4. The highest BCUT2D eigenvalue weighted by Crippen LogP contribution is 2.45. The highest BCUT2D eigenvalue weighted by Gasteiger charge is 2.49. The highest BCUT2D eigenvalue weighted by molar-refractivity contribution is 6.74. The lowest BCUT2D eigenvalue weighted by Gasteiger charge is -2.40. The topological polar surface area (TPSA) is 73.3 Å². The predicted octanol–water partition coefficient (Wildman–Crippen LogP) is 3.82. The molecule has 1 aliphatic heterocycles. The van der Waals surface area contributed by atoms with Gasteiger partial charge in [-0.2, -0.15) is 0 Å². The monoisotopic (exact) mass is 408 g/mol. The maximum absolute atomic E-state index is 12.7. The van der Waals surface area contributed by atoms with Crippen molar-refractivity contribution in [2.45, 2.75) is 96.9 Å². The lowest BCUT2D eigenvalue weighted by molar-refractivity contribution is 0.00952. The second-order valence-electron chi connectivity index (χ2n) is 10.1. The fraction of sp³-hybridized carbons (Fsp3) is 0.810. The lowest BCUT2D eigenvalue weighted by atomic mass is 9.95. The summed E-state index contributed by atoms with van der Waals surface area (Å²) < 4.78 is 14.7. The number of ether oxygens (including phenoxy) is 1. The molecule has 2 aliphatic rings. The second-order valence-corrected chi connectivity index (χ2v) is 14.9. The predicted molar refractivity (Wildman–Crippen MR) is 113 cm³/mol. The first kappa shape index (κ1) is 21.5. The third-order valence-corrected chi connectivity index (χ3v) is 11.3. The van der Waals surface area contributed by atoms with E-state index in [1.807, 2.05) is 0 Å². The van der Waals surface area contributed by atoms with Crippen LogP contribution in [0.5, 0.6) is 0 Å². The van der Waals surface area contributed by atoms with Gasteiger partial charge < -0.3 is 9.16 Å². The molecule has 1 aliphatic carbocycles. The molecule has 1 saturated carbocycles. The van der Waals surface area contributed by atoms with Gasteiger partial charge in [0.2, 0.25) is 0 Å². The van der Waals surface area contributed by atoms with Gasteiger partial charge in [-0.3, -0.25) is 14.3 Å². The molecule has 1 aromatic heterocycles. The Hall–Kier alpha value is -1.18. The Morgan fingerprint density at radius 2 is 1.93 bits per heavy atom. The Kier molecular flexibility index (Phi) is 5.82. The summed E-state index contributed by atoms with van der Waals surface area (Å²) in [6.07, 6.45) is 4.30. The third-order valence-electron chi connectivity index (χ3n) is 6.86. The van der Waals surface area contributed by atoms with Crippen LogP contribution in [-0.2, 0) is 15.7 Å². The van der Waals surface area contributed by atoms with Crippen LogP contribution in [0.1, 0.15) is 65.5 Å². The smallest absolute Gasteiger partial charge is 0.328 e. The minimum atomic E-state index is -2.05. The third kappa shape index (κ3) is 4.21. The van der Waals surface area contributed by atoms with Crippen molar-refractivity contribution in [1.82, 2.24) is 9.55 Å². The van der Waals surface area contributed by atoms with E-state index in [9.17, 15) is 9.59 Å². The van der Waals surface area contributed by atoms with Gasteiger partial charge in [-0.1, -0.05) is 34.6 Å². The first-order valence-electron chi connectivity index (χ1n) is 10.6. The van der Waals surface area contributed by atoms with Crippen molar-refractivity contribution in [3.8, 4) is 0 Å². The minimum absolute atomic E-state index is 0.0444. The fourth-order valence-electron chi connectivity index (χ4n) is 3.72. The molecule has 2 heterocycles. The molecule has 7 heteroatoms. The summed E-state index contributed by atoms with van der Waals surface area (Å²) in [5.41, 5.74) is -0.165. The van der Waals surface area contributed by atoms with Crippen LogP contribution in [0.25, 0.3) is 0 Å². The van der Waals surface area contributed by atoms with Crippen LogP contribution < -0.4 is 11.2 Å². The quantitative estimate of drug-likeness (QED) is 0.726. The second kappa shape index (κ2) is 7.57. The van der Waals surface area contributed by atoms with Gasteiger partial charge in [0, 0.05) is 18.7 Å². The molecule has 0 aromatic carbocycles. The van der Waals surface area contributed by atoms with E-state index in [1.54, 1.807) is 10.8 Å². The van der Waals surface area contributed by atoms with Crippen LogP contribution in [-0.4, -0.2) is 30.1 Å². The molecule has 0 radical (unpaired) electrons. The number of nitrogens with zero attached hydrogens (tertiary/aromatic N) is 1. The number of H-pyrrole nitrogens is 1. The molecule has 0 bridgehead atoms. The van der Waals surface area contributed by atoms with Crippen molar-refractivity contribution < 1.29 is 9.16 Å². The molecule has 28 heavy (non-hydrogen) atoms. The molecule has 4 atom stereocenters. The molecule has 1 N–H and O–H groups in total. The Balaban J connectivity index is 1.98. The molecular weight excluding hydrogens is 372 g/mol. The van der Waals surface area contributed by atoms with E-state index in [4.69, 9.17) is 9.16 Å². The number of aromatic nitrogens is 2. The van der Waals surface area contributed by atoms with Crippen molar-refractivity contribution >= 4 is 8.32 Å². The van der Waals surface area contributed by atoms with Gasteiger partial charge in [-0.25, -0.2) is 4.79 Å². The maximum Gasteiger partial charge on any atom is 0.328 e. The first-order chi connectivity index (χ1) is 12.9. The summed E-state index contributed by atoms with van der Waals surface area (Å²) in [6, 6.07) is 0. The maximum atomic E-state index is 12.7. The number of hydrogen-bond acceptors (Lipinski definition) is 4. The SMILES string of the molecule is CC[C@H]1O[C@@H](c2cn(CC3CC3)c(=O)[nH]c2=O)C(O[Si](C)(C)C(C)(C)C)[C@H]1C. The zero-order valence-corrected chi connectivity index (χ0v) is 19.4. The number of aromatic amines is 1. The average Bonchev–Trinajstić information content (AvgIpc) is 3.34. The van der Waals surface area contributed by atoms with Crippen molar-refractivity contribution in [2.75, 3.05) is 0 Å². The molecule has 1 unspecified atom stereocenters. The van der Waals surface area contributed by atoms with E-state index < -0.39 is 14.4 Å². The van der Waals surface area contributed by atoms with E-state index in [-0.39, 0.29) is 34.4 Å². The van der Waals surface area contributed by atoms with Gasteiger partial charge in [-0.05, 0) is 43.3 Å². The molecular formula is C21H36N2O4Si. The number of hydrogen-bond donors (Lipinski definition) is 1. The van der Waals surface area contributed by atoms with Crippen LogP contribution in [0.15, 0.2) is 15.8 Å². The normalized spacial score (nSPS) is 28.7. The standard InChI is InChI=1S/C21H36N2O4Si/c1-8-16-13(2)17(27-28(6,7)21(3,4)5)18(26-16)15-12-23(11-14-9-10-14)20(25)22-19(15)24/h12-14,16-18H,8-11H2,1-7H3,(H,22,24,25)/t13-,16+,17?,18-/m0/s1. The molecule has 158 valence electrons. The molecule has 0 spiro atoms. The Bertz CT molecular complexity index is 819. The summed E-state index contributed by atoms with van der Waals surface area (Å²) >= 11 is 0. The number of rotatable bonds is 6. The lowest BCUT2D eigenvalue weighted by Crippen LogP contribution is -2.47. The highest BCUT2D eigenvalue weighted by atomic mass is 28.4. The number of nitrogens with one attached hydrogen (secondary N) is 1. The van der Waals surface area contributed by atoms with Gasteiger partial charge in [0.25, 0.3) is 5.56 Å². The first-order valence-corrected chi connectivity index (χ1v) is 13.5. The fourth-order valence-corrected chi connectivity index (χ4v) is 5.10. The average molecular weight is 409 g/mol. The summed E-state index contributed by atoms with van der Waals surface area (Å²) in [5.74, 6) is 0.731. The molecule has 1 aromatic rings. The van der Waals surface area contributed by atoms with Crippen molar-refractivity contribution in [2.24, 2.45) is 11.8 Å². The van der Waals surface area contributed by atoms with Gasteiger partial charge in [0.05, 0.1) is 17.8 Å². The van der Waals surface area contributed by atoms with Crippen LogP contribution >= 0.6 is 0 Å². The summed E-state index contributed by atoms with van der Waals surface area (Å²) in [4.78, 5) is 27.4. The van der Waals surface area contributed by atoms with Crippen molar-refractivity contribution in [3.05, 3.63) is 32.6 Å². The van der Waals surface area contributed by atoms with Gasteiger partial charge in [0.1, 0.15) is 6.10 Å². The molecule has 0 amide bonds. The minimum Gasteiger partial charge on any atom is -0.411 e. The summed E-state index contributed by atoms with van der Waals surface area (Å²) in [7, 11) is -2.05. The van der Waals surface area contributed by atoms with E-state index >= 15 is 0 Å². The van der Waals surface area contributed by atoms with Crippen LogP contribution in [0, 0.1) is 11.8 Å². The van der Waals surface area contributed by atoms with E-state index in [0.29, 0.717) is 18.0 Å². The van der Waals surface area contributed by atoms with E-state index in [1.165, 1.54) is 0 Å². The Morgan fingerprint density at radius 1 is 1.29 bits per heavy atom. The molecule has 1 saturated heterocycles. The van der Waals surface area contributed by atoms with Crippen LogP contribution in [0.4, 0.5) is 0 Å². The largest absolute Gasteiger partial charge is 0.411 e. The van der Waals surface area contributed by atoms with E-state index in [2.05, 4.69) is 52.7 Å². The van der Waals surface area contributed by atoms with Crippen molar-refractivity contribution in [1.29, 1.82) is 0 Å². The zero-order chi connectivity index (χ0) is 20.9.